The molecular weight excluding hydrogens is 220 g/mol. The Bertz CT molecular complexity index is 476. The summed E-state index contributed by atoms with van der Waals surface area (Å²) in [4.78, 5) is 0. The normalized spacial score (nSPS) is 15.8. The van der Waals surface area contributed by atoms with Gasteiger partial charge in [-0.1, -0.05) is 37.6 Å². The maximum absolute atomic E-state index is 8.91. The van der Waals surface area contributed by atoms with Crippen LogP contribution < -0.4 is 5.32 Å². The number of nitriles is 1. The molecule has 94 valence electrons. The number of nitrogens with zero attached hydrogens (tertiary/aromatic N) is 1. The number of hydrogen-bond acceptors (Lipinski definition) is 2. The summed E-state index contributed by atoms with van der Waals surface area (Å²) in [5.41, 5.74) is 3.24. The fourth-order valence-electron chi connectivity index (χ4n) is 1.88. The Hall–Kier alpha value is -1.59. The zero-order valence-electron chi connectivity index (χ0n) is 11.1. The van der Waals surface area contributed by atoms with Gasteiger partial charge in [-0.25, -0.2) is 0 Å². The molecule has 2 rings (SSSR count). The van der Waals surface area contributed by atoms with E-state index in [2.05, 4.69) is 37.4 Å². The van der Waals surface area contributed by atoms with Crippen molar-refractivity contribution >= 4 is 6.08 Å². The third kappa shape index (κ3) is 3.72. The van der Waals surface area contributed by atoms with Crippen molar-refractivity contribution in [3.05, 3.63) is 41.0 Å². The Morgan fingerprint density at radius 2 is 2.28 bits per heavy atom. The zero-order valence-corrected chi connectivity index (χ0v) is 11.1. The highest BCUT2D eigenvalue weighted by Gasteiger charge is 2.20. The molecule has 1 N–H and O–H groups in total. The molecule has 2 nitrogen and oxygen atoms in total. The minimum atomic E-state index is 0.530. The lowest BCUT2D eigenvalue weighted by Gasteiger charge is -2.12. The summed E-state index contributed by atoms with van der Waals surface area (Å²) < 4.78 is 0. The highest BCUT2D eigenvalue weighted by Crippen LogP contribution is 2.21. The van der Waals surface area contributed by atoms with Crippen LogP contribution in [0.4, 0.5) is 0 Å². The SMILES string of the molecule is CC(C)C(=Cc1cccc(C#N)c1)CNC1CC1. The molecule has 0 aliphatic heterocycles. The molecule has 0 atom stereocenters. The van der Waals surface area contributed by atoms with Crippen LogP contribution in [0.25, 0.3) is 6.08 Å². The fraction of sp³-hybridized carbons (Fsp3) is 0.438. The Labute approximate surface area is 109 Å². The quantitative estimate of drug-likeness (QED) is 0.856. The minimum absolute atomic E-state index is 0.530. The van der Waals surface area contributed by atoms with Crippen molar-refractivity contribution in [2.24, 2.45) is 5.92 Å². The average molecular weight is 240 g/mol. The lowest BCUT2D eigenvalue weighted by Crippen LogP contribution is -2.21. The summed E-state index contributed by atoms with van der Waals surface area (Å²) in [7, 11) is 0. The standard InChI is InChI=1S/C16H20N2/c1-12(2)15(11-18-16-6-7-16)9-13-4-3-5-14(8-13)10-17/h3-5,8-9,12,16,18H,6-7,11H2,1-2H3. The van der Waals surface area contributed by atoms with Crippen molar-refractivity contribution in [1.82, 2.24) is 5.32 Å². The molecule has 18 heavy (non-hydrogen) atoms. The van der Waals surface area contributed by atoms with Crippen molar-refractivity contribution in [2.45, 2.75) is 32.7 Å². The van der Waals surface area contributed by atoms with Crippen molar-refractivity contribution < 1.29 is 0 Å². The van der Waals surface area contributed by atoms with Gasteiger partial charge in [0, 0.05) is 12.6 Å². The largest absolute Gasteiger partial charge is 0.310 e. The van der Waals surface area contributed by atoms with E-state index < -0.39 is 0 Å². The summed E-state index contributed by atoms with van der Waals surface area (Å²) in [6.07, 6.45) is 4.84. The van der Waals surface area contributed by atoms with Crippen LogP contribution in [-0.2, 0) is 0 Å². The number of rotatable bonds is 5. The van der Waals surface area contributed by atoms with E-state index in [0.717, 1.165) is 23.7 Å². The Morgan fingerprint density at radius 3 is 2.89 bits per heavy atom. The van der Waals surface area contributed by atoms with Gasteiger partial charge in [0.1, 0.15) is 0 Å². The van der Waals surface area contributed by atoms with E-state index in [1.165, 1.54) is 18.4 Å². The summed E-state index contributed by atoms with van der Waals surface area (Å²) in [6, 6.07) is 10.7. The molecule has 1 fully saturated rings. The first-order valence-corrected chi connectivity index (χ1v) is 6.63. The van der Waals surface area contributed by atoms with Gasteiger partial charge in [0.05, 0.1) is 11.6 Å². The van der Waals surface area contributed by atoms with Crippen LogP contribution >= 0.6 is 0 Å². The maximum Gasteiger partial charge on any atom is 0.0991 e. The van der Waals surface area contributed by atoms with Gasteiger partial charge in [-0.2, -0.15) is 5.26 Å². The Kier molecular flexibility index (Phi) is 4.17. The summed E-state index contributed by atoms with van der Waals surface area (Å²) >= 11 is 0. The van der Waals surface area contributed by atoms with E-state index in [9.17, 15) is 0 Å². The van der Waals surface area contributed by atoms with E-state index in [4.69, 9.17) is 5.26 Å². The van der Waals surface area contributed by atoms with Crippen LogP contribution in [0, 0.1) is 17.2 Å². The molecule has 0 aromatic heterocycles. The number of hydrogen-bond donors (Lipinski definition) is 1. The van der Waals surface area contributed by atoms with Crippen LogP contribution in [0.2, 0.25) is 0 Å². The van der Waals surface area contributed by atoms with Crippen molar-refractivity contribution in [3.8, 4) is 6.07 Å². The highest BCUT2D eigenvalue weighted by molar-refractivity contribution is 5.56. The average Bonchev–Trinajstić information content (AvgIpc) is 3.18. The van der Waals surface area contributed by atoms with E-state index in [1.807, 2.05) is 18.2 Å². The van der Waals surface area contributed by atoms with Crippen molar-refractivity contribution in [1.29, 1.82) is 5.26 Å². The predicted molar refractivity (Wildman–Crippen MR) is 75.0 cm³/mol. The van der Waals surface area contributed by atoms with Gasteiger partial charge in [0.2, 0.25) is 0 Å². The predicted octanol–water partition coefficient (Wildman–Crippen LogP) is 3.35. The highest BCUT2D eigenvalue weighted by atomic mass is 14.9. The Morgan fingerprint density at radius 1 is 1.50 bits per heavy atom. The smallest absolute Gasteiger partial charge is 0.0991 e. The lowest BCUT2D eigenvalue weighted by atomic mass is 9.99. The summed E-state index contributed by atoms with van der Waals surface area (Å²) in [5, 5.41) is 12.5. The van der Waals surface area contributed by atoms with Crippen LogP contribution in [-0.4, -0.2) is 12.6 Å². The third-order valence-corrected chi connectivity index (χ3v) is 3.28. The summed E-state index contributed by atoms with van der Waals surface area (Å²) in [6.45, 7) is 5.39. The summed E-state index contributed by atoms with van der Waals surface area (Å²) in [5.74, 6) is 0.530. The number of nitrogens with one attached hydrogen (secondary N) is 1. The van der Waals surface area contributed by atoms with E-state index in [0.29, 0.717) is 5.92 Å². The van der Waals surface area contributed by atoms with Gasteiger partial charge in [0.15, 0.2) is 0 Å². The fourth-order valence-corrected chi connectivity index (χ4v) is 1.88. The van der Waals surface area contributed by atoms with Gasteiger partial charge >= 0.3 is 0 Å². The molecule has 0 unspecified atom stereocenters. The topological polar surface area (TPSA) is 35.8 Å². The van der Waals surface area contributed by atoms with Crippen molar-refractivity contribution in [2.75, 3.05) is 6.54 Å². The van der Waals surface area contributed by atoms with E-state index >= 15 is 0 Å². The van der Waals surface area contributed by atoms with Crippen LogP contribution in [0.15, 0.2) is 29.8 Å². The second-order valence-electron chi connectivity index (χ2n) is 5.27. The van der Waals surface area contributed by atoms with Crippen molar-refractivity contribution in [3.63, 3.8) is 0 Å². The first kappa shape index (κ1) is 12.9. The Balaban J connectivity index is 2.11. The van der Waals surface area contributed by atoms with Gasteiger partial charge in [0.25, 0.3) is 0 Å². The maximum atomic E-state index is 8.91. The molecule has 0 amide bonds. The molecular formula is C16H20N2. The molecule has 1 aliphatic rings. The molecule has 0 saturated heterocycles. The second-order valence-corrected chi connectivity index (χ2v) is 5.27. The molecule has 0 spiro atoms. The van der Waals surface area contributed by atoms with Gasteiger partial charge in [-0.05, 0) is 36.5 Å². The molecule has 1 aromatic carbocycles. The zero-order chi connectivity index (χ0) is 13.0. The molecule has 1 saturated carbocycles. The second kappa shape index (κ2) is 5.84. The van der Waals surface area contributed by atoms with Gasteiger partial charge in [-0.3, -0.25) is 0 Å². The molecule has 0 heterocycles. The lowest BCUT2D eigenvalue weighted by molar-refractivity contribution is 0.662. The van der Waals surface area contributed by atoms with Crippen LogP contribution in [0.3, 0.4) is 0 Å². The molecule has 1 aromatic rings. The monoisotopic (exact) mass is 240 g/mol. The van der Waals surface area contributed by atoms with E-state index in [1.54, 1.807) is 0 Å². The van der Waals surface area contributed by atoms with E-state index in [-0.39, 0.29) is 0 Å². The van der Waals surface area contributed by atoms with Gasteiger partial charge in [-0.15, -0.1) is 0 Å². The minimum Gasteiger partial charge on any atom is -0.310 e. The molecule has 0 radical (unpaired) electrons. The van der Waals surface area contributed by atoms with Crippen LogP contribution in [0.5, 0.6) is 0 Å². The third-order valence-electron chi connectivity index (χ3n) is 3.28. The first-order chi connectivity index (χ1) is 8.69. The molecule has 2 heteroatoms. The van der Waals surface area contributed by atoms with Crippen LogP contribution in [0.1, 0.15) is 37.8 Å². The number of benzene rings is 1. The first-order valence-electron chi connectivity index (χ1n) is 6.63. The van der Waals surface area contributed by atoms with Gasteiger partial charge < -0.3 is 5.32 Å². The molecule has 1 aliphatic carbocycles. The molecule has 0 bridgehead atoms.